The van der Waals surface area contributed by atoms with Crippen molar-refractivity contribution in [1.82, 2.24) is 0 Å². The lowest BCUT2D eigenvalue weighted by atomic mass is 9.51. The maximum atomic E-state index is 13.7. The van der Waals surface area contributed by atoms with Crippen LogP contribution in [-0.4, -0.2) is 5.92 Å². The smallest absolute Gasteiger partial charge is 0.207 e. The zero-order chi connectivity index (χ0) is 12.1. The second-order valence-corrected chi connectivity index (χ2v) is 6.24. The number of hydrogen-bond acceptors (Lipinski definition) is 0. The third kappa shape index (κ3) is 1.95. The monoisotopic (exact) mass is 216 g/mol. The van der Waals surface area contributed by atoms with Gasteiger partial charge in [0.15, 0.2) is 0 Å². The van der Waals surface area contributed by atoms with Crippen LogP contribution in [0.25, 0.3) is 0 Å². The van der Waals surface area contributed by atoms with Crippen molar-refractivity contribution in [2.24, 2.45) is 16.7 Å². The van der Waals surface area contributed by atoms with Crippen LogP contribution in [0.1, 0.15) is 47.5 Å². The Balaban J connectivity index is 3.00. The zero-order valence-electron chi connectivity index (χ0n) is 10.5. The van der Waals surface area contributed by atoms with Crippen LogP contribution >= 0.6 is 0 Å². The lowest BCUT2D eigenvalue weighted by Gasteiger charge is -2.55. The average molecular weight is 216 g/mol. The van der Waals surface area contributed by atoms with E-state index in [0.29, 0.717) is 12.8 Å². The summed E-state index contributed by atoms with van der Waals surface area (Å²) in [7, 11) is 0. The second-order valence-electron chi connectivity index (χ2n) is 6.24. The lowest BCUT2D eigenvalue weighted by Crippen LogP contribution is -2.53. The van der Waals surface area contributed by atoms with Crippen LogP contribution in [-0.2, 0) is 0 Å². The van der Waals surface area contributed by atoms with Gasteiger partial charge in [-0.3, -0.25) is 0 Å². The van der Waals surface area contributed by atoms with Crippen LogP contribution in [0.4, 0.5) is 8.78 Å². The van der Waals surface area contributed by atoms with Gasteiger partial charge in [0, 0.05) is 5.41 Å². The van der Waals surface area contributed by atoms with Crippen molar-refractivity contribution in [3.05, 3.63) is 12.2 Å². The van der Waals surface area contributed by atoms with Gasteiger partial charge in [0.05, 0.1) is 0 Å². The highest BCUT2D eigenvalue weighted by Gasteiger charge is 2.60. The van der Waals surface area contributed by atoms with E-state index >= 15 is 0 Å². The summed E-state index contributed by atoms with van der Waals surface area (Å²) in [5, 5.41) is 0. The van der Waals surface area contributed by atoms with Crippen molar-refractivity contribution >= 4 is 0 Å². The number of rotatable bonds is 2. The Hall–Kier alpha value is -0.400. The van der Waals surface area contributed by atoms with E-state index < -0.39 is 11.3 Å². The van der Waals surface area contributed by atoms with Crippen molar-refractivity contribution in [1.29, 1.82) is 0 Å². The van der Waals surface area contributed by atoms with Crippen molar-refractivity contribution in [2.45, 2.75) is 53.4 Å². The standard InChI is InChI=1S/C13H22F2/c1-9-7-13(8-9,12(6,14)15)10(2)11(3,4)5/h10H,1,7-8H2,2-6H3. The molecular formula is C13H22F2. The Morgan fingerprint density at radius 1 is 1.20 bits per heavy atom. The highest BCUT2D eigenvalue weighted by molar-refractivity contribution is 5.21. The average Bonchev–Trinajstić information content (AvgIpc) is 1.92. The molecule has 0 aliphatic heterocycles. The van der Waals surface area contributed by atoms with Gasteiger partial charge >= 0.3 is 0 Å². The molecule has 0 nitrogen and oxygen atoms in total. The molecule has 0 radical (unpaired) electrons. The number of allylic oxidation sites excluding steroid dienone is 1. The topological polar surface area (TPSA) is 0 Å². The summed E-state index contributed by atoms with van der Waals surface area (Å²) >= 11 is 0. The second kappa shape index (κ2) is 3.29. The maximum absolute atomic E-state index is 13.7. The summed E-state index contributed by atoms with van der Waals surface area (Å²) in [5.74, 6) is -2.61. The van der Waals surface area contributed by atoms with E-state index in [-0.39, 0.29) is 11.3 Å². The first-order valence-corrected chi connectivity index (χ1v) is 5.55. The molecule has 1 saturated carbocycles. The molecule has 1 rings (SSSR count). The van der Waals surface area contributed by atoms with Gasteiger partial charge in [-0.15, -0.1) is 0 Å². The van der Waals surface area contributed by atoms with Crippen LogP contribution in [0.2, 0.25) is 0 Å². The van der Waals surface area contributed by atoms with E-state index in [4.69, 9.17) is 0 Å². The predicted octanol–water partition coefficient (Wildman–Crippen LogP) is 4.66. The molecule has 1 unspecified atom stereocenters. The first-order valence-electron chi connectivity index (χ1n) is 5.55. The van der Waals surface area contributed by atoms with Crippen LogP contribution in [0, 0.1) is 16.7 Å². The van der Waals surface area contributed by atoms with Crippen molar-refractivity contribution < 1.29 is 8.78 Å². The molecule has 0 N–H and O–H groups in total. The van der Waals surface area contributed by atoms with E-state index in [0.717, 1.165) is 12.5 Å². The number of halogens is 2. The largest absolute Gasteiger partial charge is 0.251 e. The van der Waals surface area contributed by atoms with Gasteiger partial charge in [0.25, 0.3) is 5.92 Å². The fraction of sp³-hybridized carbons (Fsp3) is 0.846. The van der Waals surface area contributed by atoms with Gasteiger partial charge in [-0.25, -0.2) is 8.78 Å². The van der Waals surface area contributed by atoms with Crippen LogP contribution < -0.4 is 0 Å². The molecule has 1 aliphatic rings. The van der Waals surface area contributed by atoms with Crippen LogP contribution in [0.15, 0.2) is 12.2 Å². The lowest BCUT2D eigenvalue weighted by molar-refractivity contribution is -0.175. The molecule has 0 heterocycles. The molecule has 2 heteroatoms. The third-order valence-corrected chi connectivity index (χ3v) is 4.13. The first-order chi connectivity index (χ1) is 6.51. The highest BCUT2D eigenvalue weighted by atomic mass is 19.3. The van der Waals surface area contributed by atoms with E-state index in [2.05, 4.69) is 6.58 Å². The molecule has 0 aromatic heterocycles. The summed E-state index contributed by atoms with van der Waals surface area (Å²) in [6, 6.07) is 0. The molecule has 1 fully saturated rings. The van der Waals surface area contributed by atoms with Crippen LogP contribution in [0.5, 0.6) is 0 Å². The minimum atomic E-state index is -2.61. The SMILES string of the molecule is C=C1CC(C(C)C(C)(C)C)(C(C)(F)F)C1. The van der Waals surface area contributed by atoms with E-state index in [1.165, 1.54) is 0 Å². The Bertz CT molecular complexity index is 257. The Morgan fingerprint density at radius 2 is 1.60 bits per heavy atom. The molecule has 1 aliphatic carbocycles. The number of hydrogen-bond donors (Lipinski definition) is 0. The predicted molar refractivity (Wildman–Crippen MR) is 60.0 cm³/mol. The summed E-state index contributed by atoms with van der Waals surface area (Å²) < 4.78 is 27.5. The van der Waals surface area contributed by atoms with E-state index in [9.17, 15) is 8.78 Å². The Morgan fingerprint density at radius 3 is 1.80 bits per heavy atom. The van der Waals surface area contributed by atoms with Gasteiger partial charge in [-0.2, -0.15) is 0 Å². The molecule has 0 bridgehead atoms. The van der Waals surface area contributed by atoms with Crippen molar-refractivity contribution in [3.8, 4) is 0 Å². The number of alkyl halides is 2. The molecule has 88 valence electrons. The van der Waals surface area contributed by atoms with Crippen molar-refractivity contribution in [3.63, 3.8) is 0 Å². The molecule has 1 atom stereocenters. The zero-order valence-corrected chi connectivity index (χ0v) is 10.5. The quantitative estimate of drug-likeness (QED) is 0.589. The van der Waals surface area contributed by atoms with E-state index in [1.54, 1.807) is 0 Å². The van der Waals surface area contributed by atoms with Gasteiger partial charge in [0.1, 0.15) is 0 Å². The van der Waals surface area contributed by atoms with Gasteiger partial charge in [-0.1, -0.05) is 39.8 Å². The van der Waals surface area contributed by atoms with Crippen molar-refractivity contribution in [2.75, 3.05) is 0 Å². The van der Waals surface area contributed by atoms with Gasteiger partial charge in [0.2, 0.25) is 0 Å². The fourth-order valence-electron chi connectivity index (χ4n) is 2.67. The highest BCUT2D eigenvalue weighted by Crippen LogP contribution is 2.62. The summed E-state index contributed by atoms with van der Waals surface area (Å²) in [4.78, 5) is 0. The van der Waals surface area contributed by atoms with Gasteiger partial charge < -0.3 is 0 Å². The Labute approximate surface area is 91.8 Å². The molecular weight excluding hydrogens is 194 g/mol. The third-order valence-electron chi connectivity index (χ3n) is 4.13. The molecule has 0 aromatic carbocycles. The minimum Gasteiger partial charge on any atom is -0.207 e. The van der Waals surface area contributed by atoms with Crippen LogP contribution in [0.3, 0.4) is 0 Å². The summed E-state index contributed by atoms with van der Waals surface area (Å²) in [5.41, 5.74) is 0.0234. The minimum absolute atomic E-state index is 0.00417. The van der Waals surface area contributed by atoms with Gasteiger partial charge in [-0.05, 0) is 31.1 Å². The normalized spacial score (nSPS) is 23.5. The molecule has 15 heavy (non-hydrogen) atoms. The molecule has 0 aromatic rings. The Kier molecular flexibility index (Phi) is 2.78. The summed E-state index contributed by atoms with van der Waals surface area (Å²) in [6.45, 7) is 12.9. The maximum Gasteiger partial charge on any atom is 0.251 e. The summed E-state index contributed by atoms with van der Waals surface area (Å²) in [6.07, 6.45) is 0.962. The molecule has 0 saturated heterocycles. The molecule has 0 spiro atoms. The first kappa shape index (κ1) is 12.7. The fourth-order valence-corrected chi connectivity index (χ4v) is 2.67. The van der Waals surface area contributed by atoms with E-state index in [1.807, 2.05) is 27.7 Å². The molecule has 0 amide bonds.